The van der Waals surface area contributed by atoms with Crippen LogP contribution in [0.25, 0.3) is 0 Å². The second-order valence-electron chi connectivity index (χ2n) is 8.06. The molecule has 0 saturated carbocycles. The Morgan fingerprint density at radius 3 is 2.29 bits per heavy atom. The summed E-state index contributed by atoms with van der Waals surface area (Å²) in [5.74, 6) is -1.30. The van der Waals surface area contributed by atoms with Crippen molar-refractivity contribution in [2.24, 2.45) is 5.92 Å². The number of carbonyl (C=O) groups is 1. The van der Waals surface area contributed by atoms with Gasteiger partial charge in [0.25, 0.3) is 5.91 Å². The number of aromatic nitrogens is 1. The van der Waals surface area contributed by atoms with Gasteiger partial charge in [0.1, 0.15) is 11.5 Å². The summed E-state index contributed by atoms with van der Waals surface area (Å²) in [7, 11) is -4.07. The van der Waals surface area contributed by atoms with E-state index in [1.807, 2.05) is 0 Å². The Bertz CT molecular complexity index is 1060. The number of hydrogen-bond donors (Lipinski definition) is 0. The van der Waals surface area contributed by atoms with Gasteiger partial charge in [-0.25, -0.2) is 17.8 Å². The summed E-state index contributed by atoms with van der Waals surface area (Å²) < 4.78 is 77.2. The van der Waals surface area contributed by atoms with Gasteiger partial charge in [-0.1, -0.05) is 6.07 Å². The maximum absolute atomic E-state index is 13.2. The first-order valence-electron chi connectivity index (χ1n) is 9.67. The molecule has 168 valence electrons. The lowest BCUT2D eigenvalue weighted by molar-refractivity contribution is -0.137. The molecule has 2 heterocycles. The van der Waals surface area contributed by atoms with Crippen LogP contribution < -0.4 is 0 Å². The van der Waals surface area contributed by atoms with Crippen LogP contribution in [-0.2, 0) is 16.0 Å². The lowest BCUT2D eigenvalue weighted by atomic mass is 9.85. The number of carbonyl (C=O) groups excluding carboxylic acids is 1. The van der Waals surface area contributed by atoms with Crippen LogP contribution in [0.3, 0.4) is 0 Å². The number of hydrogen-bond acceptors (Lipinski definition) is 4. The molecule has 0 atom stereocenters. The molecule has 31 heavy (non-hydrogen) atoms. The normalized spacial score (nSPS) is 16.4. The molecule has 0 radical (unpaired) electrons. The van der Waals surface area contributed by atoms with Gasteiger partial charge in [0.2, 0.25) is 0 Å². The molecule has 1 fully saturated rings. The number of piperidine rings is 1. The predicted octanol–water partition coefficient (Wildman–Crippen LogP) is 4.34. The van der Waals surface area contributed by atoms with E-state index in [2.05, 4.69) is 4.98 Å². The van der Waals surface area contributed by atoms with Gasteiger partial charge < -0.3 is 4.90 Å². The second kappa shape index (κ2) is 8.22. The number of amides is 1. The van der Waals surface area contributed by atoms with E-state index < -0.39 is 32.1 Å². The summed E-state index contributed by atoms with van der Waals surface area (Å²) in [6, 6.07) is 6.17. The van der Waals surface area contributed by atoms with E-state index >= 15 is 0 Å². The fraction of sp³-hybridized carbons (Fsp3) is 0.429. The van der Waals surface area contributed by atoms with Crippen LogP contribution in [0.15, 0.2) is 47.5 Å². The Labute approximate surface area is 178 Å². The van der Waals surface area contributed by atoms with E-state index in [0.717, 1.165) is 24.4 Å². The monoisotopic (exact) mass is 458 g/mol. The first-order chi connectivity index (χ1) is 14.3. The van der Waals surface area contributed by atoms with Crippen molar-refractivity contribution in [3.8, 4) is 0 Å². The number of pyridine rings is 1. The number of nitrogens with zero attached hydrogens (tertiary/aromatic N) is 2. The SMILES string of the molecule is CC(C)(C1CCN(C(=O)c2ccc(F)cn2)CC1)S(=O)(=O)c1cccc(C(F)(F)F)c1. The predicted molar refractivity (Wildman–Crippen MR) is 106 cm³/mol. The quantitative estimate of drug-likeness (QED) is 0.639. The van der Waals surface area contributed by atoms with Gasteiger partial charge in [-0.15, -0.1) is 0 Å². The minimum atomic E-state index is -4.64. The van der Waals surface area contributed by atoms with Crippen LogP contribution in [0.5, 0.6) is 0 Å². The number of likely N-dealkylation sites (tertiary alicyclic amines) is 1. The topological polar surface area (TPSA) is 67.3 Å². The minimum Gasteiger partial charge on any atom is -0.337 e. The zero-order valence-corrected chi connectivity index (χ0v) is 17.8. The van der Waals surface area contributed by atoms with E-state index in [1.54, 1.807) is 0 Å². The standard InChI is InChI=1S/C21H22F4N2O3S/c1-20(2,31(29,30)17-5-3-4-15(12-17)21(23,24)25)14-8-10-27(11-9-14)19(28)18-7-6-16(22)13-26-18/h3-7,12-14H,8-11H2,1-2H3. The fourth-order valence-corrected chi connectivity index (χ4v) is 5.63. The Balaban J connectivity index is 1.76. The highest BCUT2D eigenvalue weighted by Gasteiger charge is 2.45. The summed E-state index contributed by atoms with van der Waals surface area (Å²) >= 11 is 0. The molecule has 0 unspecified atom stereocenters. The Kier molecular flexibility index (Phi) is 6.14. The van der Waals surface area contributed by atoms with Gasteiger partial charge in [0.05, 0.1) is 21.4 Å². The second-order valence-corrected chi connectivity index (χ2v) is 10.6. The van der Waals surface area contributed by atoms with Crippen LogP contribution in [0.1, 0.15) is 42.7 Å². The highest BCUT2D eigenvalue weighted by Crippen LogP contribution is 2.39. The molecule has 1 aromatic carbocycles. The number of sulfone groups is 1. The highest BCUT2D eigenvalue weighted by molar-refractivity contribution is 7.92. The number of benzene rings is 1. The third-order valence-electron chi connectivity index (χ3n) is 5.88. The maximum Gasteiger partial charge on any atom is 0.416 e. The molecular weight excluding hydrogens is 436 g/mol. The molecular formula is C21H22F4N2O3S. The molecule has 0 bridgehead atoms. The van der Waals surface area contributed by atoms with Crippen LogP contribution in [0, 0.1) is 11.7 Å². The van der Waals surface area contributed by atoms with Crippen molar-refractivity contribution in [2.45, 2.75) is 42.5 Å². The van der Waals surface area contributed by atoms with Gasteiger partial charge in [-0.2, -0.15) is 13.2 Å². The van der Waals surface area contributed by atoms with Crippen LogP contribution in [0.4, 0.5) is 17.6 Å². The van der Waals surface area contributed by atoms with Crippen molar-refractivity contribution in [3.63, 3.8) is 0 Å². The largest absolute Gasteiger partial charge is 0.416 e. The highest BCUT2D eigenvalue weighted by atomic mass is 32.2. The average molecular weight is 458 g/mol. The average Bonchev–Trinajstić information content (AvgIpc) is 2.73. The summed E-state index contributed by atoms with van der Waals surface area (Å²) in [6.07, 6.45) is -2.98. The van der Waals surface area contributed by atoms with Crippen molar-refractivity contribution >= 4 is 15.7 Å². The number of halogens is 4. The van der Waals surface area contributed by atoms with E-state index in [1.165, 1.54) is 30.9 Å². The summed E-state index contributed by atoms with van der Waals surface area (Å²) in [5.41, 5.74) is -0.924. The van der Waals surface area contributed by atoms with E-state index in [0.29, 0.717) is 18.9 Å². The van der Waals surface area contributed by atoms with Crippen molar-refractivity contribution < 1.29 is 30.8 Å². The molecule has 1 saturated heterocycles. The molecule has 1 aliphatic heterocycles. The van der Waals surface area contributed by atoms with Crippen LogP contribution in [0.2, 0.25) is 0 Å². The molecule has 0 spiro atoms. The van der Waals surface area contributed by atoms with Crippen molar-refractivity contribution in [3.05, 3.63) is 59.7 Å². The molecule has 1 amide bonds. The van der Waals surface area contributed by atoms with Crippen LogP contribution in [-0.4, -0.2) is 42.0 Å². The smallest absolute Gasteiger partial charge is 0.337 e. The van der Waals surface area contributed by atoms with Crippen molar-refractivity contribution in [2.75, 3.05) is 13.1 Å². The van der Waals surface area contributed by atoms with Gasteiger partial charge in [-0.3, -0.25) is 4.79 Å². The number of rotatable bonds is 4. The fourth-order valence-electron chi connectivity index (χ4n) is 3.80. The molecule has 0 N–H and O–H groups in total. The van der Waals surface area contributed by atoms with Crippen LogP contribution >= 0.6 is 0 Å². The van der Waals surface area contributed by atoms with Gasteiger partial charge in [-0.05, 0) is 62.9 Å². The summed E-state index contributed by atoms with van der Waals surface area (Å²) in [6.45, 7) is 3.55. The van der Waals surface area contributed by atoms with E-state index in [4.69, 9.17) is 0 Å². The van der Waals surface area contributed by atoms with Gasteiger partial charge in [0.15, 0.2) is 9.84 Å². The molecule has 3 rings (SSSR count). The molecule has 2 aromatic rings. The molecule has 5 nitrogen and oxygen atoms in total. The lowest BCUT2D eigenvalue weighted by Crippen LogP contribution is -2.47. The molecule has 10 heteroatoms. The van der Waals surface area contributed by atoms with Crippen molar-refractivity contribution in [1.82, 2.24) is 9.88 Å². The third-order valence-corrected chi connectivity index (χ3v) is 8.47. The maximum atomic E-state index is 13.2. The zero-order valence-electron chi connectivity index (χ0n) is 17.0. The first-order valence-corrected chi connectivity index (χ1v) is 11.1. The zero-order chi connectivity index (χ0) is 23.0. The van der Waals surface area contributed by atoms with E-state index in [-0.39, 0.29) is 35.5 Å². The summed E-state index contributed by atoms with van der Waals surface area (Å²) in [4.78, 5) is 17.5. The van der Waals surface area contributed by atoms with Crippen molar-refractivity contribution in [1.29, 1.82) is 0 Å². The van der Waals surface area contributed by atoms with Gasteiger partial charge in [0, 0.05) is 13.1 Å². The first kappa shape index (κ1) is 23.2. The Morgan fingerprint density at radius 1 is 1.10 bits per heavy atom. The lowest BCUT2D eigenvalue weighted by Gasteiger charge is -2.40. The number of alkyl halides is 3. The molecule has 0 aliphatic carbocycles. The minimum absolute atomic E-state index is 0.0932. The summed E-state index contributed by atoms with van der Waals surface area (Å²) in [5, 5.41) is 0. The Hall–Kier alpha value is -2.49. The molecule has 1 aromatic heterocycles. The molecule has 1 aliphatic rings. The third kappa shape index (κ3) is 4.58. The van der Waals surface area contributed by atoms with Gasteiger partial charge >= 0.3 is 6.18 Å². The Morgan fingerprint density at radius 2 is 1.74 bits per heavy atom. The van der Waals surface area contributed by atoms with E-state index in [9.17, 15) is 30.8 Å².